The zero-order valence-electron chi connectivity index (χ0n) is 9.56. The lowest BCUT2D eigenvalue weighted by molar-refractivity contribution is -0.137. The van der Waals surface area contributed by atoms with E-state index in [9.17, 15) is 13.2 Å². The summed E-state index contributed by atoms with van der Waals surface area (Å²) in [7, 11) is 1.39. The zero-order chi connectivity index (χ0) is 12.3. The van der Waals surface area contributed by atoms with Crippen molar-refractivity contribution in [1.82, 2.24) is 0 Å². The molecule has 0 fully saturated rings. The third-order valence-corrected chi connectivity index (χ3v) is 2.70. The van der Waals surface area contributed by atoms with Gasteiger partial charge in [0.2, 0.25) is 0 Å². The quantitative estimate of drug-likeness (QED) is 0.757. The summed E-state index contributed by atoms with van der Waals surface area (Å²) in [6.45, 7) is 3.95. The van der Waals surface area contributed by atoms with Crippen LogP contribution >= 0.6 is 0 Å². The van der Waals surface area contributed by atoms with Crippen LogP contribution in [-0.2, 0) is 6.18 Å². The van der Waals surface area contributed by atoms with Crippen LogP contribution in [0.15, 0.2) is 18.2 Å². The van der Waals surface area contributed by atoms with Crippen LogP contribution in [0.25, 0.3) is 0 Å². The summed E-state index contributed by atoms with van der Waals surface area (Å²) in [5.74, 6) is 0.501. The number of hydrogen-bond acceptors (Lipinski definition) is 1. The van der Waals surface area contributed by atoms with E-state index < -0.39 is 11.7 Å². The summed E-state index contributed by atoms with van der Waals surface area (Å²) in [5.41, 5.74) is 0.148. The summed E-state index contributed by atoms with van der Waals surface area (Å²) in [4.78, 5) is 0. The lowest BCUT2D eigenvalue weighted by Crippen LogP contribution is -2.06. The fraction of sp³-hybridized carbons (Fsp3) is 0.500. The predicted molar refractivity (Wildman–Crippen MR) is 56.7 cm³/mol. The maximum absolute atomic E-state index is 12.5. The van der Waals surface area contributed by atoms with Gasteiger partial charge in [0, 0.05) is 0 Å². The summed E-state index contributed by atoms with van der Waals surface area (Å²) in [6.07, 6.45) is -3.46. The van der Waals surface area contributed by atoms with Gasteiger partial charge in [-0.1, -0.05) is 19.9 Å². The minimum Gasteiger partial charge on any atom is -0.496 e. The van der Waals surface area contributed by atoms with Crippen LogP contribution in [0.2, 0.25) is 0 Å². The average Bonchev–Trinajstić information content (AvgIpc) is 2.26. The van der Waals surface area contributed by atoms with Crippen molar-refractivity contribution >= 4 is 0 Å². The molecule has 0 aromatic heterocycles. The summed E-state index contributed by atoms with van der Waals surface area (Å²) in [5, 5.41) is 0. The van der Waals surface area contributed by atoms with E-state index in [2.05, 4.69) is 0 Å². The highest BCUT2D eigenvalue weighted by Gasteiger charge is 2.31. The molecule has 4 heteroatoms. The Morgan fingerprint density at radius 2 is 1.94 bits per heavy atom. The molecule has 0 aliphatic heterocycles. The Morgan fingerprint density at radius 3 is 2.38 bits per heavy atom. The number of ether oxygens (including phenoxy) is 1. The molecule has 1 aromatic carbocycles. The second-order valence-corrected chi connectivity index (χ2v) is 3.76. The van der Waals surface area contributed by atoms with Gasteiger partial charge >= 0.3 is 6.18 Å². The fourth-order valence-corrected chi connectivity index (χ4v) is 1.51. The van der Waals surface area contributed by atoms with E-state index in [0.717, 1.165) is 24.1 Å². The van der Waals surface area contributed by atoms with E-state index >= 15 is 0 Å². The van der Waals surface area contributed by atoms with Crippen molar-refractivity contribution in [3.8, 4) is 5.75 Å². The Kier molecular flexibility index (Phi) is 3.83. The molecule has 1 aromatic rings. The molecule has 0 spiro atoms. The monoisotopic (exact) mass is 232 g/mol. The lowest BCUT2D eigenvalue weighted by atomic mass is 9.96. The minimum atomic E-state index is -4.32. The number of hydrogen-bond donors (Lipinski definition) is 0. The standard InChI is InChI=1S/C12H15F3O/c1-4-8(2)10-6-5-9(12(13,14)15)7-11(10)16-3/h5-8H,4H2,1-3H3. The topological polar surface area (TPSA) is 9.23 Å². The molecule has 0 saturated carbocycles. The van der Waals surface area contributed by atoms with Gasteiger partial charge in [-0.05, 0) is 30.0 Å². The number of halogens is 3. The molecule has 0 saturated heterocycles. The molecular formula is C12H15F3O. The molecule has 0 amide bonds. The van der Waals surface area contributed by atoms with E-state index in [1.54, 1.807) is 0 Å². The number of benzene rings is 1. The molecule has 1 unspecified atom stereocenters. The van der Waals surface area contributed by atoms with Crippen molar-refractivity contribution in [2.24, 2.45) is 0 Å². The molecule has 0 aliphatic carbocycles. The molecule has 0 N–H and O–H groups in total. The highest BCUT2D eigenvalue weighted by molar-refractivity contribution is 5.40. The second-order valence-electron chi connectivity index (χ2n) is 3.76. The molecule has 0 aliphatic rings. The Labute approximate surface area is 93.2 Å². The van der Waals surface area contributed by atoms with Crippen LogP contribution in [0.5, 0.6) is 5.75 Å². The highest BCUT2D eigenvalue weighted by Crippen LogP contribution is 2.36. The SMILES string of the molecule is CCC(C)c1ccc(C(F)(F)F)cc1OC. The maximum atomic E-state index is 12.5. The van der Waals surface area contributed by atoms with Crippen molar-refractivity contribution in [1.29, 1.82) is 0 Å². The van der Waals surface area contributed by atoms with Crippen molar-refractivity contribution < 1.29 is 17.9 Å². The van der Waals surface area contributed by atoms with Gasteiger partial charge < -0.3 is 4.74 Å². The Hall–Kier alpha value is -1.19. The molecule has 1 rings (SSSR count). The molecular weight excluding hydrogens is 217 g/mol. The lowest BCUT2D eigenvalue weighted by Gasteiger charge is -2.16. The molecule has 0 bridgehead atoms. The third kappa shape index (κ3) is 2.68. The Morgan fingerprint density at radius 1 is 1.31 bits per heavy atom. The van der Waals surface area contributed by atoms with Crippen LogP contribution in [-0.4, -0.2) is 7.11 Å². The van der Waals surface area contributed by atoms with Crippen LogP contribution < -0.4 is 4.74 Å². The van der Waals surface area contributed by atoms with Gasteiger partial charge in [-0.2, -0.15) is 13.2 Å². The van der Waals surface area contributed by atoms with Gasteiger partial charge in [-0.15, -0.1) is 0 Å². The van der Waals surface area contributed by atoms with Crippen molar-refractivity contribution in [2.45, 2.75) is 32.4 Å². The fourth-order valence-electron chi connectivity index (χ4n) is 1.51. The molecule has 0 radical (unpaired) electrons. The first-order valence-corrected chi connectivity index (χ1v) is 5.15. The van der Waals surface area contributed by atoms with Crippen molar-refractivity contribution in [3.63, 3.8) is 0 Å². The summed E-state index contributed by atoms with van der Waals surface area (Å²) >= 11 is 0. The first kappa shape index (κ1) is 12.9. The van der Waals surface area contributed by atoms with Gasteiger partial charge in [0.15, 0.2) is 0 Å². The van der Waals surface area contributed by atoms with Gasteiger partial charge in [0.05, 0.1) is 12.7 Å². The van der Waals surface area contributed by atoms with E-state index in [4.69, 9.17) is 4.74 Å². The first-order chi connectivity index (χ1) is 7.40. The zero-order valence-corrected chi connectivity index (χ0v) is 9.56. The number of alkyl halides is 3. The Bertz CT molecular complexity index is 358. The third-order valence-electron chi connectivity index (χ3n) is 2.70. The number of methoxy groups -OCH3 is 1. The van der Waals surface area contributed by atoms with Gasteiger partial charge in [0.1, 0.15) is 5.75 Å². The van der Waals surface area contributed by atoms with Crippen LogP contribution in [0, 0.1) is 0 Å². The largest absolute Gasteiger partial charge is 0.496 e. The number of rotatable bonds is 3. The first-order valence-electron chi connectivity index (χ1n) is 5.15. The highest BCUT2D eigenvalue weighted by atomic mass is 19.4. The van der Waals surface area contributed by atoms with E-state index in [1.165, 1.54) is 13.2 Å². The molecule has 1 atom stereocenters. The Balaban J connectivity index is 3.17. The molecule has 0 heterocycles. The maximum Gasteiger partial charge on any atom is 0.416 e. The van der Waals surface area contributed by atoms with Gasteiger partial charge in [-0.25, -0.2) is 0 Å². The normalized spacial score (nSPS) is 13.6. The molecule has 90 valence electrons. The van der Waals surface area contributed by atoms with Crippen LogP contribution in [0.3, 0.4) is 0 Å². The van der Waals surface area contributed by atoms with E-state index in [0.29, 0.717) is 5.75 Å². The second kappa shape index (κ2) is 4.76. The van der Waals surface area contributed by atoms with Gasteiger partial charge in [-0.3, -0.25) is 0 Å². The molecule has 1 nitrogen and oxygen atoms in total. The average molecular weight is 232 g/mol. The molecule has 16 heavy (non-hydrogen) atoms. The summed E-state index contributed by atoms with van der Waals surface area (Å²) < 4.78 is 42.4. The predicted octanol–water partition coefficient (Wildman–Crippen LogP) is 4.23. The van der Waals surface area contributed by atoms with Crippen LogP contribution in [0.1, 0.15) is 37.3 Å². The van der Waals surface area contributed by atoms with E-state index in [1.807, 2.05) is 13.8 Å². The summed E-state index contributed by atoms with van der Waals surface area (Å²) in [6, 6.07) is 3.65. The van der Waals surface area contributed by atoms with Crippen LogP contribution in [0.4, 0.5) is 13.2 Å². The van der Waals surface area contributed by atoms with Crippen molar-refractivity contribution in [2.75, 3.05) is 7.11 Å². The van der Waals surface area contributed by atoms with E-state index in [-0.39, 0.29) is 5.92 Å². The van der Waals surface area contributed by atoms with Gasteiger partial charge in [0.25, 0.3) is 0 Å². The minimum absolute atomic E-state index is 0.192. The smallest absolute Gasteiger partial charge is 0.416 e. The van der Waals surface area contributed by atoms with Crippen molar-refractivity contribution in [3.05, 3.63) is 29.3 Å².